The standard InChI is InChI=1S/C17H30N4O2.C8H6N2O.C2H6/c1-3-5-21(6-4-2)16-13-15(18)14-17(19-16)23-12-9-20-7-10-22-11-8-20;9-5-7-6-3-1-2-4-8(6)11-10-7;1-2/h13-14H,3-12H2,1-2H3,(H2,18,19);1-5,9H;1-2H3. The molecule has 1 saturated heterocycles. The summed E-state index contributed by atoms with van der Waals surface area (Å²) in [5, 5.41) is 11.6. The first-order chi connectivity index (χ1) is 17.6. The Kier molecular flexibility index (Phi) is 13.3. The molecule has 0 spiro atoms. The fourth-order valence-electron chi connectivity index (χ4n) is 3.74. The van der Waals surface area contributed by atoms with Crippen LogP contribution in [0, 0.1) is 5.41 Å². The zero-order valence-electron chi connectivity index (χ0n) is 22.2. The van der Waals surface area contributed by atoms with Crippen molar-refractivity contribution < 1.29 is 14.0 Å². The molecular weight excluding hydrogens is 456 g/mol. The molecule has 2 aromatic heterocycles. The van der Waals surface area contributed by atoms with Crippen molar-refractivity contribution in [1.29, 1.82) is 5.41 Å². The van der Waals surface area contributed by atoms with Gasteiger partial charge in [0.1, 0.15) is 18.1 Å². The van der Waals surface area contributed by atoms with Gasteiger partial charge in [0, 0.05) is 56.8 Å². The second-order valence-electron chi connectivity index (χ2n) is 8.09. The molecule has 0 bridgehead atoms. The second kappa shape index (κ2) is 16.5. The fourth-order valence-corrected chi connectivity index (χ4v) is 3.74. The van der Waals surface area contributed by atoms with Crippen LogP contribution in [0.2, 0.25) is 0 Å². The van der Waals surface area contributed by atoms with Gasteiger partial charge in [-0.25, -0.2) is 0 Å². The summed E-state index contributed by atoms with van der Waals surface area (Å²) in [5.41, 5.74) is 8.04. The lowest BCUT2D eigenvalue weighted by Gasteiger charge is -2.26. The van der Waals surface area contributed by atoms with E-state index in [1.807, 2.05) is 44.2 Å². The van der Waals surface area contributed by atoms with Crippen molar-refractivity contribution in [3.63, 3.8) is 0 Å². The predicted molar refractivity (Wildman–Crippen MR) is 147 cm³/mol. The van der Waals surface area contributed by atoms with E-state index >= 15 is 0 Å². The van der Waals surface area contributed by atoms with Gasteiger partial charge in [0.2, 0.25) is 5.88 Å². The SMILES string of the molecule is CC.CCCN(CCC)c1cc(N)cc(OCCN2CCOCC2)n1.N=Cc1noc2ccccc12. The summed E-state index contributed by atoms with van der Waals surface area (Å²) in [4.78, 5) is 9.25. The summed E-state index contributed by atoms with van der Waals surface area (Å²) < 4.78 is 16.1. The number of ether oxygens (including phenoxy) is 2. The van der Waals surface area contributed by atoms with E-state index in [1.165, 1.54) is 6.21 Å². The van der Waals surface area contributed by atoms with Gasteiger partial charge in [-0.3, -0.25) is 4.90 Å². The molecule has 3 heterocycles. The summed E-state index contributed by atoms with van der Waals surface area (Å²) in [6.45, 7) is 15.4. The molecule has 36 heavy (non-hydrogen) atoms. The first kappa shape index (κ1) is 29.1. The number of para-hydroxylation sites is 1. The van der Waals surface area contributed by atoms with Gasteiger partial charge in [-0.1, -0.05) is 45.0 Å². The van der Waals surface area contributed by atoms with Crippen molar-refractivity contribution in [1.82, 2.24) is 15.0 Å². The smallest absolute Gasteiger partial charge is 0.217 e. The molecule has 9 heteroatoms. The number of pyridine rings is 1. The number of nitrogen functional groups attached to an aromatic ring is 1. The van der Waals surface area contributed by atoms with Gasteiger partial charge in [-0.2, -0.15) is 4.98 Å². The van der Waals surface area contributed by atoms with Gasteiger partial charge in [0.15, 0.2) is 5.58 Å². The number of benzene rings is 1. The molecule has 0 amide bonds. The quantitative estimate of drug-likeness (QED) is 0.381. The van der Waals surface area contributed by atoms with Crippen LogP contribution in [0.15, 0.2) is 40.9 Å². The van der Waals surface area contributed by atoms with Crippen molar-refractivity contribution in [2.45, 2.75) is 40.5 Å². The van der Waals surface area contributed by atoms with Crippen LogP contribution >= 0.6 is 0 Å². The predicted octanol–water partition coefficient (Wildman–Crippen LogP) is 4.85. The zero-order valence-corrected chi connectivity index (χ0v) is 22.2. The number of fused-ring (bicyclic) bond motifs is 1. The van der Waals surface area contributed by atoms with Gasteiger partial charge in [0.05, 0.1) is 18.6 Å². The maximum atomic E-state index is 6.99. The van der Waals surface area contributed by atoms with E-state index in [4.69, 9.17) is 25.1 Å². The van der Waals surface area contributed by atoms with Crippen LogP contribution in [-0.4, -0.2) is 73.8 Å². The Morgan fingerprint density at radius 3 is 2.47 bits per heavy atom. The van der Waals surface area contributed by atoms with E-state index < -0.39 is 0 Å². The van der Waals surface area contributed by atoms with E-state index in [9.17, 15) is 0 Å². The third-order valence-corrected chi connectivity index (χ3v) is 5.42. The highest BCUT2D eigenvalue weighted by Gasteiger charge is 2.12. The normalized spacial score (nSPS) is 13.2. The molecule has 0 saturated carbocycles. The lowest BCUT2D eigenvalue weighted by molar-refractivity contribution is 0.0320. The Bertz CT molecular complexity index is 1010. The Morgan fingerprint density at radius 2 is 1.81 bits per heavy atom. The lowest BCUT2D eigenvalue weighted by Crippen LogP contribution is -2.38. The Labute approximate surface area is 215 Å². The molecule has 198 valence electrons. The molecular formula is C27H42N6O3. The largest absolute Gasteiger partial charge is 0.476 e. The van der Waals surface area contributed by atoms with Crippen LogP contribution in [0.4, 0.5) is 11.5 Å². The fraction of sp³-hybridized carbons (Fsp3) is 0.519. The van der Waals surface area contributed by atoms with Crippen molar-refractivity contribution in [2.75, 3.05) is 63.2 Å². The number of morpholine rings is 1. The molecule has 1 aliphatic rings. The molecule has 3 aromatic rings. The molecule has 1 aliphatic heterocycles. The molecule has 0 unspecified atom stereocenters. The van der Waals surface area contributed by atoms with E-state index in [0.717, 1.165) is 75.6 Å². The average molecular weight is 499 g/mol. The van der Waals surface area contributed by atoms with Gasteiger partial charge in [-0.05, 0) is 25.0 Å². The number of hydrogen-bond acceptors (Lipinski definition) is 9. The number of nitrogens with two attached hydrogens (primary N) is 1. The molecule has 1 aromatic carbocycles. The maximum Gasteiger partial charge on any atom is 0.217 e. The van der Waals surface area contributed by atoms with Gasteiger partial charge < -0.3 is 30.0 Å². The molecule has 0 atom stereocenters. The number of nitrogens with zero attached hydrogens (tertiary/aromatic N) is 4. The first-order valence-corrected chi connectivity index (χ1v) is 12.9. The Morgan fingerprint density at radius 1 is 1.11 bits per heavy atom. The van der Waals surface area contributed by atoms with E-state index in [1.54, 1.807) is 6.07 Å². The summed E-state index contributed by atoms with van der Waals surface area (Å²) in [6.07, 6.45) is 3.36. The van der Waals surface area contributed by atoms with Crippen LogP contribution in [0.5, 0.6) is 5.88 Å². The van der Waals surface area contributed by atoms with Gasteiger partial charge in [0.25, 0.3) is 0 Å². The van der Waals surface area contributed by atoms with Crippen molar-refractivity contribution in [3.8, 4) is 5.88 Å². The van der Waals surface area contributed by atoms with Gasteiger partial charge in [-0.15, -0.1) is 0 Å². The topological polar surface area (TPSA) is 114 Å². The average Bonchev–Trinajstić information content (AvgIpc) is 3.34. The highest BCUT2D eigenvalue weighted by molar-refractivity contribution is 5.94. The van der Waals surface area contributed by atoms with E-state index in [0.29, 0.717) is 23.9 Å². The van der Waals surface area contributed by atoms with Crippen LogP contribution in [0.3, 0.4) is 0 Å². The molecule has 0 radical (unpaired) electrons. The minimum absolute atomic E-state index is 0.584. The second-order valence-corrected chi connectivity index (χ2v) is 8.09. The summed E-state index contributed by atoms with van der Waals surface area (Å²) in [7, 11) is 0. The van der Waals surface area contributed by atoms with Crippen LogP contribution in [-0.2, 0) is 4.74 Å². The zero-order chi connectivity index (χ0) is 26.2. The highest BCUT2D eigenvalue weighted by atomic mass is 16.5. The lowest BCUT2D eigenvalue weighted by atomic mass is 10.2. The molecule has 9 nitrogen and oxygen atoms in total. The number of rotatable bonds is 10. The minimum atomic E-state index is 0.584. The van der Waals surface area contributed by atoms with Crippen LogP contribution < -0.4 is 15.4 Å². The third-order valence-electron chi connectivity index (χ3n) is 5.42. The van der Waals surface area contributed by atoms with Crippen LogP contribution in [0.1, 0.15) is 46.2 Å². The summed E-state index contributed by atoms with van der Waals surface area (Å²) in [6, 6.07) is 11.2. The molecule has 0 aliphatic carbocycles. The number of aromatic nitrogens is 2. The van der Waals surface area contributed by atoms with E-state index in [-0.39, 0.29) is 0 Å². The van der Waals surface area contributed by atoms with Crippen LogP contribution in [0.25, 0.3) is 11.0 Å². The summed E-state index contributed by atoms with van der Waals surface area (Å²) in [5.74, 6) is 1.53. The third kappa shape index (κ3) is 9.13. The maximum absolute atomic E-state index is 6.99. The number of hydrogen-bond donors (Lipinski definition) is 2. The Hall–Kier alpha value is -3.17. The molecule has 1 fully saturated rings. The summed E-state index contributed by atoms with van der Waals surface area (Å²) >= 11 is 0. The van der Waals surface area contributed by atoms with Crippen molar-refractivity contribution >= 4 is 28.7 Å². The van der Waals surface area contributed by atoms with Crippen molar-refractivity contribution in [2.24, 2.45) is 0 Å². The Balaban J connectivity index is 0.000000291. The number of nitrogens with one attached hydrogen (secondary N) is 1. The van der Waals surface area contributed by atoms with Gasteiger partial charge >= 0.3 is 0 Å². The van der Waals surface area contributed by atoms with E-state index in [2.05, 4.69) is 33.8 Å². The molecule has 3 N–H and O–H groups in total. The first-order valence-electron chi connectivity index (χ1n) is 12.9. The highest BCUT2D eigenvalue weighted by Crippen LogP contribution is 2.22. The number of anilines is 2. The minimum Gasteiger partial charge on any atom is -0.476 e. The monoisotopic (exact) mass is 498 g/mol. The molecule has 4 rings (SSSR count). The van der Waals surface area contributed by atoms with Crippen molar-refractivity contribution in [3.05, 3.63) is 42.1 Å².